The van der Waals surface area contributed by atoms with Crippen LogP contribution in [0, 0.1) is 0 Å². The molecule has 1 aromatic heterocycles. The Balaban J connectivity index is 2.49. The number of benzene rings is 2. The number of aromatic amines is 1. The molecule has 25 heavy (non-hydrogen) atoms. The first-order chi connectivity index (χ1) is 11.7. The highest BCUT2D eigenvalue weighted by molar-refractivity contribution is 6.31. The SMILES string of the molecule is O=c1[nH]c2ccc(C(F)(F)F)cc2c(-c2cc(Cl)ccc2O)c1CO. The number of H-pyrrole nitrogens is 1. The minimum Gasteiger partial charge on any atom is -0.507 e. The fourth-order valence-electron chi connectivity index (χ4n) is 2.68. The van der Waals surface area contributed by atoms with Gasteiger partial charge in [0, 0.05) is 27.1 Å². The molecule has 0 unspecified atom stereocenters. The molecule has 8 heteroatoms. The number of aromatic nitrogens is 1. The van der Waals surface area contributed by atoms with Crippen molar-refractivity contribution in [3.8, 4) is 16.9 Å². The number of hydrogen-bond acceptors (Lipinski definition) is 3. The number of hydrogen-bond donors (Lipinski definition) is 3. The van der Waals surface area contributed by atoms with Gasteiger partial charge < -0.3 is 15.2 Å². The Morgan fingerprint density at radius 1 is 1.12 bits per heavy atom. The van der Waals surface area contributed by atoms with Crippen LogP contribution in [0.25, 0.3) is 22.0 Å². The Bertz CT molecular complexity index is 1030. The van der Waals surface area contributed by atoms with Crippen LogP contribution in [0.5, 0.6) is 5.75 Å². The van der Waals surface area contributed by atoms with E-state index in [1.54, 1.807) is 0 Å². The number of alkyl halides is 3. The topological polar surface area (TPSA) is 73.3 Å². The van der Waals surface area contributed by atoms with Gasteiger partial charge in [0.05, 0.1) is 17.7 Å². The summed E-state index contributed by atoms with van der Waals surface area (Å²) in [7, 11) is 0. The largest absolute Gasteiger partial charge is 0.507 e. The molecule has 1 heterocycles. The average Bonchev–Trinajstić information content (AvgIpc) is 2.54. The minimum absolute atomic E-state index is 0.00681. The molecule has 0 fully saturated rings. The van der Waals surface area contributed by atoms with Gasteiger partial charge in [-0.15, -0.1) is 0 Å². The molecule has 0 saturated heterocycles. The van der Waals surface area contributed by atoms with E-state index < -0.39 is 23.9 Å². The number of phenolic OH excluding ortho intramolecular Hbond substituents is 1. The second-order valence-electron chi connectivity index (χ2n) is 5.39. The van der Waals surface area contributed by atoms with Crippen LogP contribution in [0.2, 0.25) is 5.02 Å². The van der Waals surface area contributed by atoms with E-state index in [0.717, 1.165) is 18.2 Å². The molecule has 0 atom stereocenters. The molecular weight excluding hydrogens is 359 g/mol. The highest BCUT2D eigenvalue weighted by Gasteiger charge is 2.31. The maximum Gasteiger partial charge on any atom is 0.416 e. The maximum absolute atomic E-state index is 13.1. The molecule has 0 amide bonds. The summed E-state index contributed by atoms with van der Waals surface area (Å²) >= 11 is 5.92. The fourth-order valence-corrected chi connectivity index (χ4v) is 2.85. The molecule has 3 N–H and O–H groups in total. The Labute approximate surface area is 144 Å². The van der Waals surface area contributed by atoms with E-state index in [0.29, 0.717) is 0 Å². The quantitative estimate of drug-likeness (QED) is 0.637. The second-order valence-corrected chi connectivity index (χ2v) is 5.82. The van der Waals surface area contributed by atoms with E-state index in [1.807, 2.05) is 0 Å². The summed E-state index contributed by atoms with van der Waals surface area (Å²) in [6.07, 6.45) is -4.59. The van der Waals surface area contributed by atoms with Crippen molar-refractivity contribution in [1.82, 2.24) is 4.98 Å². The van der Waals surface area contributed by atoms with Crippen molar-refractivity contribution in [1.29, 1.82) is 0 Å². The van der Waals surface area contributed by atoms with Crippen LogP contribution in [0.1, 0.15) is 11.1 Å². The third-order valence-electron chi connectivity index (χ3n) is 3.83. The number of aromatic hydroxyl groups is 1. The van der Waals surface area contributed by atoms with E-state index in [9.17, 15) is 28.2 Å². The van der Waals surface area contributed by atoms with Crippen molar-refractivity contribution in [3.63, 3.8) is 0 Å². The fraction of sp³-hybridized carbons (Fsp3) is 0.118. The summed E-state index contributed by atoms with van der Waals surface area (Å²) in [6, 6.07) is 6.82. The van der Waals surface area contributed by atoms with Crippen LogP contribution in [-0.2, 0) is 12.8 Å². The molecule has 0 radical (unpaired) electrons. The zero-order valence-corrected chi connectivity index (χ0v) is 13.2. The molecule has 0 aliphatic rings. The zero-order chi connectivity index (χ0) is 18.4. The Hall–Kier alpha value is -2.51. The van der Waals surface area contributed by atoms with Crippen LogP contribution >= 0.6 is 11.6 Å². The summed E-state index contributed by atoms with van der Waals surface area (Å²) < 4.78 is 39.2. The minimum atomic E-state index is -4.59. The molecule has 4 nitrogen and oxygen atoms in total. The molecular formula is C17H11ClF3NO3. The van der Waals surface area contributed by atoms with Crippen LogP contribution in [0.15, 0.2) is 41.2 Å². The van der Waals surface area contributed by atoms with Crippen molar-refractivity contribution in [2.75, 3.05) is 0 Å². The molecule has 0 aliphatic carbocycles. The summed E-state index contributed by atoms with van der Waals surface area (Å²) in [6.45, 7) is -0.719. The number of phenols is 1. The third-order valence-corrected chi connectivity index (χ3v) is 4.06. The number of aliphatic hydroxyl groups is 1. The van der Waals surface area contributed by atoms with Crippen LogP contribution < -0.4 is 5.56 Å². The van der Waals surface area contributed by atoms with Crippen LogP contribution in [-0.4, -0.2) is 15.2 Å². The number of aliphatic hydroxyl groups excluding tert-OH is 1. The van der Waals surface area contributed by atoms with E-state index in [-0.39, 0.29) is 38.4 Å². The number of pyridine rings is 1. The van der Waals surface area contributed by atoms with Crippen molar-refractivity contribution in [2.24, 2.45) is 0 Å². The Kier molecular flexibility index (Phi) is 4.22. The molecule has 3 aromatic rings. The first-order valence-corrected chi connectivity index (χ1v) is 7.46. The highest BCUT2D eigenvalue weighted by Crippen LogP contribution is 2.39. The first kappa shape index (κ1) is 17.3. The van der Waals surface area contributed by atoms with Crippen molar-refractivity contribution in [3.05, 3.63) is 62.9 Å². The van der Waals surface area contributed by atoms with Gasteiger partial charge in [0.25, 0.3) is 5.56 Å². The standard InChI is InChI=1S/C17H11ClF3NO3/c18-9-2-4-14(24)11(6-9)15-10-5-8(17(19,20)21)1-3-13(10)22-16(25)12(15)7-23/h1-6,23-24H,7H2,(H,22,25). The molecule has 0 aliphatic heterocycles. The highest BCUT2D eigenvalue weighted by atomic mass is 35.5. The molecule has 3 rings (SSSR count). The summed E-state index contributed by atoms with van der Waals surface area (Å²) in [5.41, 5.74) is -1.53. The van der Waals surface area contributed by atoms with E-state index in [1.165, 1.54) is 18.2 Å². The van der Waals surface area contributed by atoms with E-state index >= 15 is 0 Å². The number of halogens is 4. The van der Waals surface area contributed by atoms with Crippen LogP contribution in [0.4, 0.5) is 13.2 Å². The lowest BCUT2D eigenvalue weighted by molar-refractivity contribution is -0.137. The lowest BCUT2D eigenvalue weighted by Crippen LogP contribution is -2.15. The van der Waals surface area contributed by atoms with Gasteiger partial charge in [-0.25, -0.2) is 0 Å². The molecule has 130 valence electrons. The van der Waals surface area contributed by atoms with Gasteiger partial charge in [0.1, 0.15) is 5.75 Å². The van der Waals surface area contributed by atoms with Gasteiger partial charge in [-0.3, -0.25) is 4.79 Å². The molecule has 0 spiro atoms. The smallest absolute Gasteiger partial charge is 0.416 e. The van der Waals surface area contributed by atoms with Crippen molar-refractivity contribution in [2.45, 2.75) is 12.8 Å². The monoisotopic (exact) mass is 369 g/mol. The van der Waals surface area contributed by atoms with Gasteiger partial charge in [-0.05, 0) is 36.4 Å². The summed E-state index contributed by atoms with van der Waals surface area (Å²) in [4.78, 5) is 14.6. The van der Waals surface area contributed by atoms with Gasteiger partial charge in [-0.1, -0.05) is 11.6 Å². The number of fused-ring (bicyclic) bond motifs is 1. The predicted molar refractivity (Wildman–Crippen MR) is 87.6 cm³/mol. The van der Waals surface area contributed by atoms with Gasteiger partial charge >= 0.3 is 6.18 Å². The normalized spacial score (nSPS) is 11.9. The maximum atomic E-state index is 13.1. The summed E-state index contributed by atoms with van der Waals surface area (Å²) in [5, 5.41) is 19.9. The number of nitrogens with one attached hydrogen (secondary N) is 1. The summed E-state index contributed by atoms with van der Waals surface area (Å²) in [5.74, 6) is -0.275. The Morgan fingerprint density at radius 3 is 2.48 bits per heavy atom. The second kappa shape index (κ2) is 6.09. The Morgan fingerprint density at radius 2 is 1.84 bits per heavy atom. The van der Waals surface area contributed by atoms with E-state index in [2.05, 4.69) is 4.98 Å². The van der Waals surface area contributed by atoms with Crippen LogP contribution in [0.3, 0.4) is 0 Å². The van der Waals surface area contributed by atoms with Crippen molar-refractivity contribution >= 4 is 22.5 Å². The lowest BCUT2D eigenvalue weighted by Gasteiger charge is -2.15. The molecule has 0 saturated carbocycles. The predicted octanol–water partition coefficient (Wildman–Crippen LogP) is 4.07. The van der Waals surface area contributed by atoms with Gasteiger partial charge in [-0.2, -0.15) is 13.2 Å². The number of rotatable bonds is 2. The van der Waals surface area contributed by atoms with Gasteiger partial charge in [0.15, 0.2) is 0 Å². The zero-order valence-electron chi connectivity index (χ0n) is 12.5. The van der Waals surface area contributed by atoms with Gasteiger partial charge in [0.2, 0.25) is 0 Å². The molecule has 2 aromatic carbocycles. The first-order valence-electron chi connectivity index (χ1n) is 7.08. The van der Waals surface area contributed by atoms with Crippen molar-refractivity contribution < 1.29 is 23.4 Å². The lowest BCUT2D eigenvalue weighted by atomic mass is 9.94. The average molecular weight is 370 g/mol. The molecule has 0 bridgehead atoms. The van der Waals surface area contributed by atoms with E-state index in [4.69, 9.17) is 11.6 Å². The third kappa shape index (κ3) is 3.08.